The third kappa shape index (κ3) is 3.35. The Kier molecular flexibility index (Phi) is 3.73. The molecule has 0 unspecified atom stereocenters. The lowest BCUT2D eigenvalue weighted by Crippen LogP contribution is -2.26. The zero-order chi connectivity index (χ0) is 8.97. The quantitative estimate of drug-likeness (QED) is 0.701. The van der Waals surface area contributed by atoms with E-state index in [4.69, 9.17) is 5.73 Å². The molecule has 12 heavy (non-hydrogen) atoms. The number of ketones is 1. The largest absolute Gasteiger partial charge is 0.328 e. The Morgan fingerprint density at radius 2 is 1.92 bits per heavy atom. The van der Waals surface area contributed by atoms with E-state index in [1.165, 1.54) is 12.8 Å². The van der Waals surface area contributed by atoms with Crippen LogP contribution in [0.25, 0.3) is 0 Å². The van der Waals surface area contributed by atoms with E-state index in [0.29, 0.717) is 11.8 Å². The molecule has 0 spiro atoms. The molecular formula is C10H19NO. The normalized spacial score (nSPS) is 30.2. The lowest BCUT2D eigenvalue weighted by atomic mass is 9.83. The molecule has 2 N–H and O–H groups in total. The first-order valence-electron chi connectivity index (χ1n) is 4.93. The summed E-state index contributed by atoms with van der Waals surface area (Å²) in [7, 11) is 0. The Labute approximate surface area is 74.5 Å². The van der Waals surface area contributed by atoms with Crippen molar-refractivity contribution in [1.82, 2.24) is 0 Å². The van der Waals surface area contributed by atoms with Gasteiger partial charge in [0.25, 0.3) is 0 Å². The molecule has 2 nitrogen and oxygen atoms in total. The molecule has 0 aliphatic heterocycles. The van der Waals surface area contributed by atoms with E-state index in [-0.39, 0.29) is 0 Å². The molecule has 1 fully saturated rings. The lowest BCUT2D eigenvalue weighted by molar-refractivity contribution is -0.117. The van der Waals surface area contributed by atoms with Crippen LogP contribution in [0, 0.1) is 5.92 Å². The second kappa shape index (κ2) is 4.61. The Morgan fingerprint density at radius 1 is 1.33 bits per heavy atom. The highest BCUT2D eigenvalue weighted by molar-refractivity contribution is 5.75. The van der Waals surface area contributed by atoms with Crippen LogP contribution in [-0.4, -0.2) is 11.8 Å². The van der Waals surface area contributed by atoms with Crippen molar-refractivity contribution in [3.63, 3.8) is 0 Å². The van der Waals surface area contributed by atoms with Crippen LogP contribution < -0.4 is 5.73 Å². The summed E-state index contributed by atoms with van der Waals surface area (Å²) in [6.07, 6.45) is 6.62. The minimum absolute atomic E-state index is 0.324. The monoisotopic (exact) mass is 169 g/mol. The number of hydrogen-bond acceptors (Lipinski definition) is 2. The van der Waals surface area contributed by atoms with E-state index in [1.807, 2.05) is 0 Å². The second-order valence-corrected chi connectivity index (χ2v) is 4.02. The van der Waals surface area contributed by atoms with Gasteiger partial charge in [-0.3, -0.25) is 0 Å². The van der Waals surface area contributed by atoms with Crippen LogP contribution >= 0.6 is 0 Å². The molecule has 2 heteroatoms. The molecule has 0 aromatic heterocycles. The van der Waals surface area contributed by atoms with E-state index in [0.717, 1.165) is 31.6 Å². The molecule has 0 bridgehead atoms. The third-order valence-electron chi connectivity index (χ3n) is 2.80. The first-order chi connectivity index (χ1) is 5.68. The predicted octanol–water partition coefficient (Wildman–Crippen LogP) is 1.87. The van der Waals surface area contributed by atoms with Gasteiger partial charge in [0.15, 0.2) is 0 Å². The number of carbonyl (C=O) groups is 1. The zero-order valence-electron chi connectivity index (χ0n) is 7.88. The van der Waals surface area contributed by atoms with Crippen LogP contribution in [0.15, 0.2) is 0 Å². The Bertz CT molecular complexity index is 148. The van der Waals surface area contributed by atoms with Gasteiger partial charge in [0.05, 0.1) is 0 Å². The smallest absolute Gasteiger partial charge is 0.129 e. The summed E-state index contributed by atoms with van der Waals surface area (Å²) in [6.45, 7) is 1.68. The van der Waals surface area contributed by atoms with Crippen LogP contribution in [0.2, 0.25) is 0 Å². The van der Waals surface area contributed by atoms with Crippen LogP contribution in [0.1, 0.15) is 45.4 Å². The Morgan fingerprint density at radius 3 is 2.42 bits per heavy atom. The van der Waals surface area contributed by atoms with Crippen molar-refractivity contribution < 1.29 is 4.79 Å². The maximum atomic E-state index is 10.7. The van der Waals surface area contributed by atoms with E-state index >= 15 is 0 Å². The summed E-state index contributed by atoms with van der Waals surface area (Å²) >= 11 is 0. The predicted molar refractivity (Wildman–Crippen MR) is 49.8 cm³/mol. The first-order valence-corrected chi connectivity index (χ1v) is 4.93. The zero-order valence-corrected chi connectivity index (χ0v) is 7.88. The molecule has 0 aromatic carbocycles. The van der Waals surface area contributed by atoms with Crippen molar-refractivity contribution >= 4 is 5.78 Å². The lowest BCUT2D eigenvalue weighted by Gasteiger charge is -2.25. The summed E-state index contributed by atoms with van der Waals surface area (Å²) in [5, 5.41) is 0. The standard InChI is InChI=1S/C10H19NO/c1-8(12)2-3-9-4-6-10(11)7-5-9/h9-10H,2-7,11H2,1H3. The molecule has 1 rings (SSSR count). The van der Waals surface area contributed by atoms with E-state index in [1.54, 1.807) is 6.92 Å². The van der Waals surface area contributed by atoms with Crippen LogP contribution in [0.3, 0.4) is 0 Å². The van der Waals surface area contributed by atoms with Gasteiger partial charge >= 0.3 is 0 Å². The number of Topliss-reactive ketones (excluding diaryl/α,β-unsaturated/α-hetero) is 1. The van der Waals surface area contributed by atoms with Crippen molar-refractivity contribution in [3.05, 3.63) is 0 Å². The Hall–Kier alpha value is -0.370. The highest BCUT2D eigenvalue weighted by Gasteiger charge is 2.18. The molecule has 1 aliphatic rings. The maximum absolute atomic E-state index is 10.7. The molecular weight excluding hydrogens is 150 g/mol. The van der Waals surface area contributed by atoms with Crippen molar-refractivity contribution in [2.45, 2.75) is 51.5 Å². The highest BCUT2D eigenvalue weighted by Crippen LogP contribution is 2.26. The molecule has 1 saturated carbocycles. The number of carbonyl (C=O) groups excluding carboxylic acids is 1. The summed E-state index contributed by atoms with van der Waals surface area (Å²) in [4.78, 5) is 10.7. The highest BCUT2D eigenvalue weighted by atomic mass is 16.1. The SMILES string of the molecule is CC(=O)CCC1CCC(N)CC1. The molecule has 1 aliphatic carbocycles. The first kappa shape index (κ1) is 9.72. The van der Waals surface area contributed by atoms with Crippen LogP contribution in [0.4, 0.5) is 0 Å². The summed E-state index contributed by atoms with van der Waals surface area (Å²) in [5.74, 6) is 1.10. The number of rotatable bonds is 3. The Balaban J connectivity index is 2.13. The van der Waals surface area contributed by atoms with Gasteiger partial charge in [-0.25, -0.2) is 0 Å². The number of hydrogen-bond donors (Lipinski definition) is 1. The minimum Gasteiger partial charge on any atom is -0.328 e. The van der Waals surface area contributed by atoms with Gasteiger partial charge in [0, 0.05) is 12.5 Å². The maximum Gasteiger partial charge on any atom is 0.129 e. The topological polar surface area (TPSA) is 43.1 Å². The molecule has 0 heterocycles. The number of nitrogens with two attached hydrogens (primary N) is 1. The van der Waals surface area contributed by atoms with Crippen molar-refractivity contribution in [1.29, 1.82) is 0 Å². The molecule has 70 valence electrons. The van der Waals surface area contributed by atoms with Gasteiger partial charge in [-0.15, -0.1) is 0 Å². The van der Waals surface area contributed by atoms with Crippen LogP contribution in [0.5, 0.6) is 0 Å². The van der Waals surface area contributed by atoms with Gasteiger partial charge in [-0.05, 0) is 44.9 Å². The van der Waals surface area contributed by atoms with E-state index in [9.17, 15) is 4.79 Å². The van der Waals surface area contributed by atoms with Gasteiger partial charge < -0.3 is 10.5 Å². The van der Waals surface area contributed by atoms with E-state index < -0.39 is 0 Å². The van der Waals surface area contributed by atoms with Crippen molar-refractivity contribution in [2.75, 3.05) is 0 Å². The van der Waals surface area contributed by atoms with Gasteiger partial charge in [-0.1, -0.05) is 0 Å². The summed E-state index contributed by atoms with van der Waals surface area (Å²) in [6, 6.07) is 0.429. The van der Waals surface area contributed by atoms with Gasteiger partial charge in [-0.2, -0.15) is 0 Å². The molecule has 0 atom stereocenters. The average molecular weight is 169 g/mol. The minimum atomic E-state index is 0.324. The fraction of sp³-hybridized carbons (Fsp3) is 0.900. The van der Waals surface area contributed by atoms with Crippen LogP contribution in [-0.2, 0) is 4.79 Å². The fourth-order valence-corrected chi connectivity index (χ4v) is 1.88. The molecule has 0 saturated heterocycles. The molecule has 0 amide bonds. The average Bonchev–Trinajstić information content (AvgIpc) is 2.03. The third-order valence-corrected chi connectivity index (χ3v) is 2.80. The molecule has 0 aromatic rings. The van der Waals surface area contributed by atoms with Gasteiger partial charge in [0.1, 0.15) is 5.78 Å². The molecule has 0 radical (unpaired) electrons. The summed E-state index contributed by atoms with van der Waals surface area (Å²) in [5.41, 5.74) is 5.79. The fourth-order valence-electron chi connectivity index (χ4n) is 1.88. The van der Waals surface area contributed by atoms with E-state index in [2.05, 4.69) is 0 Å². The van der Waals surface area contributed by atoms with Crippen molar-refractivity contribution in [2.24, 2.45) is 11.7 Å². The van der Waals surface area contributed by atoms with Crippen molar-refractivity contribution in [3.8, 4) is 0 Å². The van der Waals surface area contributed by atoms with Gasteiger partial charge in [0.2, 0.25) is 0 Å². The second-order valence-electron chi connectivity index (χ2n) is 4.02. The summed E-state index contributed by atoms with van der Waals surface area (Å²) < 4.78 is 0.